The summed E-state index contributed by atoms with van der Waals surface area (Å²) in [5, 5.41) is 5.36. The molecule has 0 radical (unpaired) electrons. The van der Waals surface area contributed by atoms with Gasteiger partial charge in [-0.05, 0) is 50.6 Å². The molecule has 0 bridgehead atoms. The Morgan fingerprint density at radius 2 is 1.69 bits per heavy atom. The molecule has 2 amide bonds. The molecule has 6 heteroatoms. The summed E-state index contributed by atoms with van der Waals surface area (Å²) in [5.41, 5.74) is 0.752. The highest BCUT2D eigenvalue weighted by atomic mass is 19.1. The molecule has 2 aromatic rings. The predicted octanol–water partition coefficient (Wildman–Crippen LogP) is 3.05. The highest BCUT2D eigenvalue weighted by Crippen LogP contribution is 2.19. The summed E-state index contributed by atoms with van der Waals surface area (Å²) < 4.78 is 18.6. The largest absolute Gasteiger partial charge is 0.488 e. The fourth-order valence-corrected chi connectivity index (χ4v) is 2.24. The SMILES string of the molecule is CC(C)(C)NC(=O)CNC(=O)c1ccccc1OCc1ccc(F)cc1. The van der Waals surface area contributed by atoms with Crippen molar-refractivity contribution in [1.29, 1.82) is 0 Å². The van der Waals surface area contributed by atoms with Crippen LogP contribution in [0.3, 0.4) is 0 Å². The summed E-state index contributed by atoms with van der Waals surface area (Å²) in [6.07, 6.45) is 0. The first kappa shape index (κ1) is 19.4. The third-order valence-electron chi connectivity index (χ3n) is 3.36. The van der Waals surface area contributed by atoms with Gasteiger partial charge in [-0.15, -0.1) is 0 Å². The van der Waals surface area contributed by atoms with Gasteiger partial charge in [0, 0.05) is 5.54 Å². The maximum Gasteiger partial charge on any atom is 0.255 e. The first-order valence-electron chi connectivity index (χ1n) is 8.30. The molecule has 0 unspecified atom stereocenters. The van der Waals surface area contributed by atoms with E-state index in [-0.39, 0.29) is 30.4 Å². The molecule has 5 nitrogen and oxygen atoms in total. The molecular weight excluding hydrogens is 335 g/mol. The predicted molar refractivity (Wildman–Crippen MR) is 97.4 cm³/mol. The standard InChI is InChI=1S/C20H23FN2O3/c1-20(2,3)23-18(24)12-22-19(25)16-6-4-5-7-17(16)26-13-14-8-10-15(21)11-9-14/h4-11H,12-13H2,1-3H3,(H,22,25)(H,23,24). The Balaban J connectivity index is 1.97. The zero-order valence-corrected chi connectivity index (χ0v) is 15.1. The van der Waals surface area contributed by atoms with Crippen LogP contribution < -0.4 is 15.4 Å². The Hall–Kier alpha value is -2.89. The number of carbonyl (C=O) groups excluding carboxylic acids is 2. The minimum atomic E-state index is -0.399. The number of hydrogen-bond acceptors (Lipinski definition) is 3. The molecule has 0 atom stereocenters. The molecule has 0 aliphatic rings. The Morgan fingerprint density at radius 1 is 1.04 bits per heavy atom. The first-order chi connectivity index (χ1) is 12.2. The Labute approximate surface area is 152 Å². The molecule has 2 N–H and O–H groups in total. The maximum absolute atomic E-state index is 12.9. The number of halogens is 1. The van der Waals surface area contributed by atoms with Gasteiger partial charge in [0.15, 0.2) is 0 Å². The van der Waals surface area contributed by atoms with Crippen molar-refractivity contribution in [2.45, 2.75) is 32.9 Å². The lowest BCUT2D eigenvalue weighted by molar-refractivity contribution is -0.121. The smallest absolute Gasteiger partial charge is 0.255 e. The van der Waals surface area contributed by atoms with Gasteiger partial charge >= 0.3 is 0 Å². The second-order valence-corrected chi connectivity index (χ2v) is 6.89. The van der Waals surface area contributed by atoms with Gasteiger partial charge in [-0.2, -0.15) is 0 Å². The summed E-state index contributed by atoms with van der Waals surface area (Å²) in [5.74, 6) is -0.591. The van der Waals surface area contributed by atoms with Crippen molar-refractivity contribution in [3.8, 4) is 5.75 Å². The average Bonchev–Trinajstić information content (AvgIpc) is 2.58. The van der Waals surface area contributed by atoms with E-state index in [0.717, 1.165) is 5.56 Å². The highest BCUT2D eigenvalue weighted by Gasteiger charge is 2.16. The molecule has 0 aliphatic carbocycles. The summed E-state index contributed by atoms with van der Waals surface area (Å²) in [7, 11) is 0. The van der Waals surface area contributed by atoms with Crippen LogP contribution in [0.15, 0.2) is 48.5 Å². The zero-order chi connectivity index (χ0) is 19.2. The third kappa shape index (κ3) is 6.20. The van der Waals surface area contributed by atoms with Crippen molar-refractivity contribution in [1.82, 2.24) is 10.6 Å². The molecule has 0 saturated heterocycles. The van der Waals surface area contributed by atoms with Crippen molar-refractivity contribution in [2.24, 2.45) is 0 Å². The Morgan fingerprint density at radius 3 is 2.35 bits per heavy atom. The van der Waals surface area contributed by atoms with Gasteiger partial charge in [-0.25, -0.2) is 4.39 Å². The summed E-state index contributed by atoms with van der Waals surface area (Å²) in [4.78, 5) is 24.2. The first-order valence-corrected chi connectivity index (χ1v) is 8.30. The Kier molecular flexibility index (Phi) is 6.33. The number of ether oxygens (including phenoxy) is 1. The molecule has 138 valence electrons. The lowest BCUT2D eigenvalue weighted by Crippen LogP contribution is -2.45. The van der Waals surface area contributed by atoms with Crippen LogP contribution in [0.4, 0.5) is 4.39 Å². The van der Waals surface area contributed by atoms with E-state index in [2.05, 4.69) is 10.6 Å². The van der Waals surface area contributed by atoms with Gasteiger partial charge in [-0.1, -0.05) is 24.3 Å². The van der Waals surface area contributed by atoms with E-state index < -0.39 is 5.91 Å². The van der Waals surface area contributed by atoms with E-state index in [1.54, 1.807) is 36.4 Å². The summed E-state index contributed by atoms with van der Waals surface area (Å²) in [6, 6.07) is 12.7. The fourth-order valence-electron chi connectivity index (χ4n) is 2.24. The lowest BCUT2D eigenvalue weighted by atomic mass is 10.1. The minimum Gasteiger partial charge on any atom is -0.488 e. The van der Waals surface area contributed by atoms with Gasteiger partial charge in [0.2, 0.25) is 5.91 Å². The molecule has 2 aromatic carbocycles. The third-order valence-corrected chi connectivity index (χ3v) is 3.36. The van der Waals surface area contributed by atoms with Crippen LogP contribution in [-0.2, 0) is 11.4 Å². The number of rotatable bonds is 6. The van der Waals surface area contributed by atoms with Crippen molar-refractivity contribution < 1.29 is 18.7 Å². The van der Waals surface area contributed by atoms with Crippen molar-refractivity contribution >= 4 is 11.8 Å². The number of carbonyl (C=O) groups is 2. The van der Waals surface area contributed by atoms with Crippen LogP contribution in [0.25, 0.3) is 0 Å². The molecule has 0 aromatic heterocycles. The summed E-state index contributed by atoms with van der Waals surface area (Å²) in [6.45, 7) is 5.68. The van der Waals surface area contributed by atoms with Gasteiger partial charge in [0.05, 0.1) is 12.1 Å². The number of benzene rings is 2. The second kappa shape index (κ2) is 8.47. The lowest BCUT2D eigenvalue weighted by Gasteiger charge is -2.20. The minimum absolute atomic E-state index is 0.123. The van der Waals surface area contributed by atoms with Crippen LogP contribution in [0.1, 0.15) is 36.7 Å². The van der Waals surface area contributed by atoms with Gasteiger partial charge < -0.3 is 15.4 Å². The maximum atomic E-state index is 12.9. The normalized spacial score (nSPS) is 10.9. The highest BCUT2D eigenvalue weighted by molar-refractivity contribution is 5.98. The zero-order valence-electron chi connectivity index (χ0n) is 15.1. The molecule has 0 fully saturated rings. The molecule has 26 heavy (non-hydrogen) atoms. The fraction of sp³-hybridized carbons (Fsp3) is 0.300. The van der Waals surface area contributed by atoms with Crippen LogP contribution in [0.5, 0.6) is 5.75 Å². The van der Waals surface area contributed by atoms with Crippen molar-refractivity contribution in [2.75, 3.05) is 6.54 Å². The topological polar surface area (TPSA) is 67.4 Å². The second-order valence-electron chi connectivity index (χ2n) is 6.89. The number of nitrogens with one attached hydrogen (secondary N) is 2. The summed E-state index contributed by atoms with van der Waals surface area (Å²) >= 11 is 0. The van der Waals surface area contributed by atoms with Crippen LogP contribution in [0.2, 0.25) is 0 Å². The molecule has 2 rings (SSSR count). The molecule has 0 aliphatic heterocycles. The number of hydrogen-bond donors (Lipinski definition) is 2. The van der Waals surface area contributed by atoms with Crippen molar-refractivity contribution in [3.05, 3.63) is 65.5 Å². The Bertz CT molecular complexity index is 767. The van der Waals surface area contributed by atoms with E-state index >= 15 is 0 Å². The average molecular weight is 358 g/mol. The molecule has 0 spiro atoms. The monoisotopic (exact) mass is 358 g/mol. The molecule has 0 heterocycles. The number of amides is 2. The number of para-hydroxylation sites is 1. The molecule has 0 saturated carbocycles. The van der Waals surface area contributed by atoms with E-state index in [0.29, 0.717) is 11.3 Å². The van der Waals surface area contributed by atoms with Crippen LogP contribution in [-0.4, -0.2) is 23.9 Å². The van der Waals surface area contributed by atoms with E-state index in [4.69, 9.17) is 4.74 Å². The van der Waals surface area contributed by atoms with Crippen molar-refractivity contribution in [3.63, 3.8) is 0 Å². The van der Waals surface area contributed by atoms with E-state index in [1.807, 2.05) is 20.8 Å². The quantitative estimate of drug-likeness (QED) is 0.834. The van der Waals surface area contributed by atoms with Crippen LogP contribution >= 0.6 is 0 Å². The van der Waals surface area contributed by atoms with E-state index in [1.165, 1.54) is 12.1 Å². The van der Waals surface area contributed by atoms with Gasteiger partial charge in [-0.3, -0.25) is 9.59 Å². The van der Waals surface area contributed by atoms with E-state index in [9.17, 15) is 14.0 Å². The van der Waals surface area contributed by atoms with Gasteiger partial charge in [0.1, 0.15) is 18.2 Å². The molecular formula is C20H23FN2O3. The van der Waals surface area contributed by atoms with Gasteiger partial charge in [0.25, 0.3) is 5.91 Å². The van der Waals surface area contributed by atoms with Crippen LogP contribution in [0, 0.1) is 5.82 Å².